The van der Waals surface area contributed by atoms with Crippen LogP contribution in [0.15, 0.2) is 64.6 Å². The van der Waals surface area contributed by atoms with Crippen LogP contribution in [0.1, 0.15) is 40.7 Å². The average molecular weight is 362 g/mol. The van der Waals surface area contributed by atoms with Crippen molar-refractivity contribution in [3.05, 3.63) is 80.6 Å². The average Bonchev–Trinajstić information content (AvgIpc) is 3.06. The highest BCUT2D eigenvalue weighted by molar-refractivity contribution is 7.10. The van der Waals surface area contributed by atoms with E-state index >= 15 is 0 Å². The molecular weight excluding hydrogens is 344 g/mol. The fourth-order valence-corrected chi connectivity index (χ4v) is 4.86. The van der Waals surface area contributed by atoms with E-state index in [1.165, 1.54) is 0 Å². The molecule has 130 valence electrons. The van der Waals surface area contributed by atoms with E-state index in [2.05, 4.69) is 6.07 Å². The van der Waals surface area contributed by atoms with Gasteiger partial charge in [0.15, 0.2) is 5.78 Å². The molecule has 2 N–H and O–H groups in total. The third-order valence-corrected chi connectivity index (χ3v) is 6.18. The van der Waals surface area contributed by atoms with Crippen LogP contribution in [0, 0.1) is 18.3 Å². The topological polar surface area (TPSA) is 76.1 Å². The van der Waals surface area contributed by atoms with Gasteiger partial charge in [-0.15, -0.1) is 11.3 Å². The summed E-state index contributed by atoms with van der Waals surface area (Å²) in [5.41, 5.74) is 9.19. The number of nitrogens with two attached hydrogens (primary N) is 1. The molecule has 2 aliphatic rings. The van der Waals surface area contributed by atoms with Crippen LogP contribution in [0.2, 0.25) is 0 Å². The monoisotopic (exact) mass is 362 g/mol. The molecule has 0 fully saturated rings. The molecule has 5 heteroatoms. The van der Waals surface area contributed by atoms with Crippen LogP contribution in [0.3, 0.4) is 0 Å². The van der Waals surface area contributed by atoms with Crippen LogP contribution in [-0.4, -0.2) is 5.78 Å². The van der Waals surface area contributed by atoms with Crippen LogP contribution in [0.5, 0.6) is 0 Å². The van der Waals surface area contributed by atoms with Crippen LogP contribution in [0.25, 0.3) is 0 Å². The Morgan fingerprint density at radius 2 is 2.00 bits per heavy atom. The van der Waals surface area contributed by atoms with Crippen LogP contribution in [0.4, 0.5) is 0 Å². The molecule has 0 bridgehead atoms. The zero-order valence-corrected chi connectivity index (χ0v) is 15.2. The second kappa shape index (κ2) is 6.47. The van der Waals surface area contributed by atoms with Crippen LogP contribution in [-0.2, 0) is 9.53 Å². The summed E-state index contributed by atoms with van der Waals surface area (Å²) in [5.74, 6) is 0.435. The third-order valence-electron chi connectivity index (χ3n) is 5.10. The van der Waals surface area contributed by atoms with E-state index in [-0.39, 0.29) is 17.6 Å². The number of thiophene rings is 1. The molecule has 26 heavy (non-hydrogen) atoms. The number of benzene rings is 1. The quantitative estimate of drug-likeness (QED) is 0.866. The van der Waals surface area contributed by atoms with Crippen molar-refractivity contribution in [3.8, 4) is 6.07 Å². The largest absolute Gasteiger partial charge is 0.444 e. The highest BCUT2D eigenvalue weighted by Gasteiger charge is 2.41. The number of hydrogen-bond acceptors (Lipinski definition) is 5. The molecule has 0 radical (unpaired) electrons. The van der Waals surface area contributed by atoms with Gasteiger partial charge in [-0.1, -0.05) is 30.3 Å². The summed E-state index contributed by atoms with van der Waals surface area (Å²) in [6.45, 7) is 1.99. The lowest BCUT2D eigenvalue weighted by atomic mass is 9.75. The molecule has 0 spiro atoms. The van der Waals surface area contributed by atoms with Crippen molar-refractivity contribution < 1.29 is 9.53 Å². The van der Waals surface area contributed by atoms with Crippen molar-refractivity contribution in [2.24, 2.45) is 5.73 Å². The number of ketones is 1. The molecule has 2 aromatic rings. The van der Waals surface area contributed by atoms with Crippen molar-refractivity contribution in [1.82, 2.24) is 0 Å². The van der Waals surface area contributed by atoms with E-state index in [4.69, 9.17) is 10.5 Å². The van der Waals surface area contributed by atoms with Gasteiger partial charge >= 0.3 is 0 Å². The summed E-state index contributed by atoms with van der Waals surface area (Å²) >= 11 is 1.55. The van der Waals surface area contributed by atoms with Gasteiger partial charge in [0, 0.05) is 23.3 Å². The maximum atomic E-state index is 13.1. The molecule has 0 amide bonds. The Morgan fingerprint density at radius 3 is 2.65 bits per heavy atom. The minimum Gasteiger partial charge on any atom is -0.444 e. The molecule has 2 atom stereocenters. The van der Waals surface area contributed by atoms with E-state index < -0.39 is 5.92 Å². The first-order valence-electron chi connectivity index (χ1n) is 8.53. The molecule has 4 rings (SSSR count). The van der Waals surface area contributed by atoms with Crippen LogP contribution < -0.4 is 5.73 Å². The van der Waals surface area contributed by atoms with Gasteiger partial charge in [-0.2, -0.15) is 5.26 Å². The van der Waals surface area contributed by atoms with E-state index in [0.29, 0.717) is 29.7 Å². The molecule has 0 unspecified atom stereocenters. The van der Waals surface area contributed by atoms with Crippen LogP contribution >= 0.6 is 11.3 Å². The number of allylic oxidation sites excluding steroid dienone is 3. The summed E-state index contributed by atoms with van der Waals surface area (Å²) in [6.07, 6.45) is 1.04. The SMILES string of the molecule is Cc1ccsc1[C@@H]1C(C#N)=C(N)OC2=C1C(=O)C[C@H](c1ccccc1)C2. The maximum absolute atomic E-state index is 13.1. The van der Waals surface area contributed by atoms with Gasteiger partial charge in [-0.05, 0) is 35.4 Å². The number of nitriles is 1. The zero-order chi connectivity index (χ0) is 18.3. The third kappa shape index (κ3) is 2.63. The van der Waals surface area contributed by atoms with Gasteiger partial charge in [0.2, 0.25) is 5.88 Å². The summed E-state index contributed by atoms with van der Waals surface area (Å²) in [5, 5.41) is 11.6. The summed E-state index contributed by atoms with van der Waals surface area (Å²) in [7, 11) is 0. The number of ether oxygens (including phenoxy) is 1. The first-order valence-corrected chi connectivity index (χ1v) is 9.41. The smallest absolute Gasteiger partial charge is 0.205 e. The molecule has 1 aliphatic carbocycles. The molecule has 1 aromatic heterocycles. The van der Waals surface area contributed by atoms with Gasteiger partial charge in [-0.3, -0.25) is 4.79 Å². The molecule has 4 nitrogen and oxygen atoms in total. The lowest BCUT2D eigenvalue weighted by Gasteiger charge is -2.33. The van der Waals surface area contributed by atoms with Crippen molar-refractivity contribution in [3.63, 3.8) is 0 Å². The second-order valence-electron chi connectivity index (χ2n) is 6.67. The number of hydrogen-bond donors (Lipinski definition) is 1. The normalized spacial score (nSPS) is 22.7. The number of rotatable bonds is 2. The Morgan fingerprint density at radius 1 is 1.23 bits per heavy atom. The Balaban J connectivity index is 1.80. The van der Waals surface area contributed by atoms with E-state index in [9.17, 15) is 10.1 Å². The molecule has 0 saturated heterocycles. The summed E-state index contributed by atoms with van der Waals surface area (Å²) in [6, 6.07) is 14.2. The highest BCUT2D eigenvalue weighted by Crippen LogP contribution is 2.48. The Hall–Kier alpha value is -2.84. The second-order valence-corrected chi connectivity index (χ2v) is 7.62. The number of carbonyl (C=O) groups is 1. The highest BCUT2D eigenvalue weighted by atomic mass is 32.1. The number of aryl methyl sites for hydroxylation is 1. The molecule has 1 aliphatic heterocycles. The zero-order valence-electron chi connectivity index (χ0n) is 14.4. The standard InChI is InChI=1S/C21H18N2O2S/c1-12-7-8-26-20(12)18-15(11-22)21(23)25-17-10-14(9-16(24)19(17)18)13-5-3-2-4-6-13/h2-8,14,18H,9-10,23H2,1H3/t14-,18+/m0/s1. The number of carbonyl (C=O) groups excluding carboxylic acids is 1. The lowest BCUT2D eigenvalue weighted by molar-refractivity contribution is -0.117. The predicted molar refractivity (Wildman–Crippen MR) is 100 cm³/mol. The fraction of sp³-hybridized carbons (Fsp3) is 0.238. The Bertz CT molecular complexity index is 979. The number of nitrogens with zero attached hydrogens (tertiary/aromatic N) is 1. The Labute approximate surface area is 156 Å². The maximum Gasteiger partial charge on any atom is 0.205 e. The van der Waals surface area contributed by atoms with Crippen molar-refractivity contribution in [2.75, 3.05) is 0 Å². The van der Waals surface area contributed by atoms with E-state index in [0.717, 1.165) is 16.0 Å². The van der Waals surface area contributed by atoms with Gasteiger partial charge in [-0.25, -0.2) is 0 Å². The van der Waals surface area contributed by atoms with Gasteiger partial charge in [0.1, 0.15) is 17.4 Å². The fourth-order valence-electron chi connectivity index (χ4n) is 3.81. The van der Waals surface area contributed by atoms with Gasteiger partial charge in [0.05, 0.1) is 5.92 Å². The first kappa shape index (κ1) is 16.6. The molecular formula is C21H18N2O2S. The minimum absolute atomic E-state index is 0.0400. The summed E-state index contributed by atoms with van der Waals surface area (Å²) in [4.78, 5) is 14.1. The first-order chi connectivity index (χ1) is 12.6. The molecule has 0 saturated carbocycles. The van der Waals surface area contributed by atoms with E-state index in [1.807, 2.05) is 48.7 Å². The number of Topliss-reactive ketones (excluding diaryl/α,β-unsaturated/α-hetero) is 1. The predicted octanol–water partition coefficient (Wildman–Crippen LogP) is 4.27. The van der Waals surface area contributed by atoms with Gasteiger partial charge in [0.25, 0.3) is 0 Å². The Kier molecular flexibility index (Phi) is 4.14. The van der Waals surface area contributed by atoms with E-state index in [1.54, 1.807) is 11.3 Å². The van der Waals surface area contributed by atoms with Crippen molar-refractivity contribution in [1.29, 1.82) is 5.26 Å². The summed E-state index contributed by atoms with van der Waals surface area (Å²) < 4.78 is 5.78. The van der Waals surface area contributed by atoms with Gasteiger partial charge < -0.3 is 10.5 Å². The lowest BCUT2D eigenvalue weighted by Crippen LogP contribution is -2.29. The molecule has 1 aromatic carbocycles. The minimum atomic E-state index is -0.409. The van der Waals surface area contributed by atoms with Crippen molar-refractivity contribution >= 4 is 17.1 Å². The van der Waals surface area contributed by atoms with Crippen molar-refractivity contribution in [2.45, 2.75) is 31.6 Å². The molecule has 2 heterocycles.